The van der Waals surface area contributed by atoms with E-state index in [-0.39, 0.29) is 18.2 Å². The molecule has 1 aromatic heterocycles. The summed E-state index contributed by atoms with van der Waals surface area (Å²) in [6.45, 7) is 5.21. The van der Waals surface area contributed by atoms with Crippen molar-refractivity contribution in [2.75, 3.05) is 27.4 Å². The molecule has 0 saturated carbocycles. The Kier molecular flexibility index (Phi) is 8.89. The van der Waals surface area contributed by atoms with Gasteiger partial charge in [-0.15, -0.1) is 0 Å². The summed E-state index contributed by atoms with van der Waals surface area (Å²) in [6, 6.07) is 14.4. The number of nitrogens with zero attached hydrogens (tertiary/aromatic N) is 1. The molecule has 0 aliphatic heterocycles. The highest BCUT2D eigenvalue weighted by atomic mass is 16.6. The molecule has 0 radical (unpaired) electrons. The summed E-state index contributed by atoms with van der Waals surface area (Å²) in [4.78, 5) is 36.5. The van der Waals surface area contributed by atoms with Crippen LogP contribution >= 0.6 is 0 Å². The zero-order chi connectivity index (χ0) is 26.2. The molecule has 0 spiro atoms. The predicted octanol–water partition coefficient (Wildman–Crippen LogP) is 4.37. The summed E-state index contributed by atoms with van der Waals surface area (Å²) in [5, 5.41) is 0. The molecule has 0 fully saturated rings. The van der Waals surface area contributed by atoms with Crippen molar-refractivity contribution in [2.45, 2.75) is 33.7 Å². The van der Waals surface area contributed by atoms with Crippen molar-refractivity contribution < 1.29 is 33.3 Å². The van der Waals surface area contributed by atoms with Crippen molar-refractivity contribution in [3.8, 4) is 17.2 Å². The highest BCUT2D eigenvalue weighted by Crippen LogP contribution is 2.28. The zero-order valence-electron chi connectivity index (χ0n) is 21.3. The molecule has 36 heavy (non-hydrogen) atoms. The van der Waals surface area contributed by atoms with E-state index < -0.39 is 12.6 Å². The molecule has 8 heteroatoms. The number of methoxy groups -OCH3 is 2. The van der Waals surface area contributed by atoms with E-state index in [0.29, 0.717) is 22.6 Å². The standard InChI is InChI=1S/C28H31NO7/c1-18-14-24(19(2)29(18)13-12-21-6-9-23(33-4)10-7-21)25(31)16-36-28(32)17-35-26-11-8-22(20(3)30)15-27(26)34-5/h6-11,14-15H,12-13,16-17H2,1-5H3. The summed E-state index contributed by atoms with van der Waals surface area (Å²) >= 11 is 0. The lowest BCUT2D eigenvalue weighted by atomic mass is 10.1. The largest absolute Gasteiger partial charge is 0.497 e. The minimum atomic E-state index is -0.686. The second kappa shape index (κ2) is 12.1. The van der Waals surface area contributed by atoms with Crippen LogP contribution in [-0.4, -0.2) is 49.5 Å². The van der Waals surface area contributed by atoms with E-state index in [2.05, 4.69) is 4.57 Å². The van der Waals surface area contributed by atoms with Crippen molar-refractivity contribution in [2.24, 2.45) is 0 Å². The minimum Gasteiger partial charge on any atom is -0.497 e. The van der Waals surface area contributed by atoms with Gasteiger partial charge in [-0.2, -0.15) is 0 Å². The average molecular weight is 494 g/mol. The van der Waals surface area contributed by atoms with E-state index in [1.54, 1.807) is 19.2 Å². The third kappa shape index (κ3) is 6.53. The molecule has 0 aliphatic carbocycles. The van der Waals surface area contributed by atoms with Gasteiger partial charge in [0, 0.05) is 29.1 Å². The van der Waals surface area contributed by atoms with Crippen molar-refractivity contribution >= 4 is 17.5 Å². The number of ether oxygens (including phenoxy) is 4. The minimum absolute atomic E-state index is 0.113. The van der Waals surface area contributed by atoms with Gasteiger partial charge in [-0.3, -0.25) is 9.59 Å². The number of hydrogen-bond donors (Lipinski definition) is 0. The van der Waals surface area contributed by atoms with Gasteiger partial charge in [0.25, 0.3) is 0 Å². The van der Waals surface area contributed by atoms with Crippen LogP contribution in [-0.2, 0) is 22.5 Å². The van der Waals surface area contributed by atoms with E-state index in [1.807, 2.05) is 44.2 Å². The number of Topliss-reactive ketones (excluding diaryl/α,β-unsaturated/α-hetero) is 2. The molecule has 0 amide bonds. The van der Waals surface area contributed by atoms with Crippen molar-refractivity contribution in [3.63, 3.8) is 0 Å². The molecule has 0 saturated heterocycles. The maximum atomic E-state index is 12.8. The fraction of sp³-hybridized carbons (Fsp3) is 0.321. The number of benzene rings is 2. The monoisotopic (exact) mass is 493 g/mol. The molecule has 190 valence electrons. The van der Waals surface area contributed by atoms with Gasteiger partial charge in [-0.1, -0.05) is 12.1 Å². The van der Waals surface area contributed by atoms with Gasteiger partial charge in [-0.05, 0) is 69.2 Å². The van der Waals surface area contributed by atoms with Crippen LogP contribution in [0, 0.1) is 13.8 Å². The molecule has 3 rings (SSSR count). The first-order chi connectivity index (χ1) is 17.2. The SMILES string of the molecule is COc1ccc(CCn2c(C)cc(C(=O)COC(=O)COc3ccc(C(C)=O)cc3OC)c2C)cc1. The Morgan fingerprint density at radius 3 is 2.22 bits per heavy atom. The normalized spacial score (nSPS) is 10.6. The Labute approximate surface area is 210 Å². The van der Waals surface area contributed by atoms with Crippen molar-refractivity contribution in [3.05, 3.63) is 76.6 Å². The van der Waals surface area contributed by atoms with Crippen LogP contribution in [0.1, 0.15) is 44.6 Å². The highest BCUT2D eigenvalue weighted by Gasteiger charge is 2.18. The lowest BCUT2D eigenvalue weighted by molar-refractivity contribution is -0.144. The second-order valence-electron chi connectivity index (χ2n) is 8.33. The first kappa shape index (κ1) is 26.5. The fourth-order valence-electron chi connectivity index (χ4n) is 3.87. The summed E-state index contributed by atoms with van der Waals surface area (Å²) in [7, 11) is 3.08. The number of esters is 1. The molecule has 0 aliphatic rings. The highest BCUT2D eigenvalue weighted by molar-refractivity contribution is 5.99. The van der Waals surface area contributed by atoms with Gasteiger partial charge in [0.15, 0.2) is 30.5 Å². The predicted molar refractivity (Wildman–Crippen MR) is 134 cm³/mol. The molecule has 2 aromatic carbocycles. The van der Waals surface area contributed by atoms with Crippen LogP contribution in [0.3, 0.4) is 0 Å². The first-order valence-corrected chi connectivity index (χ1v) is 11.5. The van der Waals surface area contributed by atoms with E-state index in [0.717, 1.165) is 35.7 Å². The van der Waals surface area contributed by atoms with E-state index in [1.165, 1.54) is 20.1 Å². The number of ketones is 2. The molecular formula is C28H31NO7. The summed E-state index contributed by atoms with van der Waals surface area (Å²) < 4.78 is 23.1. The Balaban J connectivity index is 1.54. The Morgan fingerprint density at radius 1 is 0.861 bits per heavy atom. The van der Waals surface area contributed by atoms with Gasteiger partial charge in [0.2, 0.25) is 5.78 Å². The van der Waals surface area contributed by atoms with Crippen LogP contribution in [0.15, 0.2) is 48.5 Å². The van der Waals surface area contributed by atoms with Crippen LogP contribution in [0.25, 0.3) is 0 Å². The van der Waals surface area contributed by atoms with Crippen molar-refractivity contribution in [1.82, 2.24) is 4.57 Å². The maximum Gasteiger partial charge on any atom is 0.344 e. The number of hydrogen-bond acceptors (Lipinski definition) is 7. The molecule has 3 aromatic rings. The lowest BCUT2D eigenvalue weighted by Crippen LogP contribution is -2.20. The maximum absolute atomic E-state index is 12.8. The lowest BCUT2D eigenvalue weighted by Gasteiger charge is -2.12. The van der Waals surface area contributed by atoms with E-state index >= 15 is 0 Å². The summed E-state index contributed by atoms with van der Waals surface area (Å²) in [5.41, 5.74) is 3.94. The smallest absolute Gasteiger partial charge is 0.344 e. The number of rotatable bonds is 12. The van der Waals surface area contributed by atoms with Gasteiger partial charge >= 0.3 is 5.97 Å². The Morgan fingerprint density at radius 2 is 1.58 bits per heavy atom. The zero-order valence-corrected chi connectivity index (χ0v) is 21.3. The molecular weight excluding hydrogens is 462 g/mol. The van der Waals surface area contributed by atoms with Crippen LogP contribution in [0.2, 0.25) is 0 Å². The third-order valence-corrected chi connectivity index (χ3v) is 5.94. The third-order valence-electron chi connectivity index (χ3n) is 5.94. The first-order valence-electron chi connectivity index (χ1n) is 11.5. The summed E-state index contributed by atoms with van der Waals surface area (Å²) in [5.74, 6) is 0.354. The van der Waals surface area contributed by atoms with Gasteiger partial charge in [-0.25, -0.2) is 4.79 Å². The van der Waals surface area contributed by atoms with E-state index in [9.17, 15) is 14.4 Å². The quantitative estimate of drug-likeness (QED) is 0.273. The van der Waals surface area contributed by atoms with Gasteiger partial charge < -0.3 is 23.5 Å². The number of aromatic nitrogens is 1. The Bertz CT molecular complexity index is 1240. The van der Waals surface area contributed by atoms with Crippen LogP contribution in [0.5, 0.6) is 17.2 Å². The molecule has 0 atom stereocenters. The number of aryl methyl sites for hydroxylation is 2. The fourth-order valence-corrected chi connectivity index (χ4v) is 3.87. The van der Waals surface area contributed by atoms with Gasteiger partial charge in [0.05, 0.1) is 14.2 Å². The second-order valence-corrected chi connectivity index (χ2v) is 8.33. The van der Waals surface area contributed by atoms with Crippen LogP contribution < -0.4 is 14.2 Å². The number of carbonyl (C=O) groups is 3. The van der Waals surface area contributed by atoms with E-state index in [4.69, 9.17) is 18.9 Å². The number of carbonyl (C=O) groups excluding carboxylic acids is 3. The molecule has 8 nitrogen and oxygen atoms in total. The molecule has 0 bridgehead atoms. The molecule has 0 N–H and O–H groups in total. The van der Waals surface area contributed by atoms with Gasteiger partial charge in [0.1, 0.15) is 5.75 Å². The molecule has 1 heterocycles. The summed E-state index contributed by atoms with van der Waals surface area (Å²) in [6.07, 6.45) is 0.803. The van der Waals surface area contributed by atoms with Crippen LogP contribution in [0.4, 0.5) is 0 Å². The van der Waals surface area contributed by atoms with Crippen molar-refractivity contribution in [1.29, 1.82) is 0 Å². The topological polar surface area (TPSA) is 93.1 Å². The average Bonchev–Trinajstić information content (AvgIpc) is 3.17. The Hall–Kier alpha value is -4.07. The molecule has 0 unspecified atom stereocenters.